The molecular weight excluding hydrogens is 264 g/mol. The molecule has 0 radical (unpaired) electrons. The van der Waals surface area contributed by atoms with Crippen LogP contribution in [-0.4, -0.2) is 31.2 Å². The number of nitrogens with zero attached hydrogens (tertiary/aromatic N) is 2. The molecule has 0 bridgehead atoms. The molecule has 0 N–H and O–H groups in total. The van der Waals surface area contributed by atoms with Crippen molar-refractivity contribution >= 4 is 27.4 Å². The number of carbonyl (C=O) groups is 1. The number of carbonyl (C=O) groups excluding carboxylic acids is 1. The molecule has 1 aromatic heterocycles. The van der Waals surface area contributed by atoms with Crippen molar-refractivity contribution in [2.75, 3.05) is 7.11 Å². The third-order valence-corrected chi connectivity index (χ3v) is 3.03. The Morgan fingerprint density at radius 3 is 2.94 bits per heavy atom. The largest absolute Gasteiger partial charge is 0.523 e. The second-order valence-corrected chi connectivity index (χ2v) is 4.58. The number of methoxy groups -OCH3 is 1. The molecule has 0 atom stereocenters. The molecule has 0 unspecified atom stereocenters. The van der Waals surface area contributed by atoms with Gasteiger partial charge in [0.15, 0.2) is 0 Å². The van der Waals surface area contributed by atoms with Gasteiger partial charge in [-0.2, -0.15) is 4.98 Å². The first-order valence-corrected chi connectivity index (χ1v) is 6.09. The molecule has 18 heavy (non-hydrogen) atoms. The lowest BCUT2D eigenvalue weighted by molar-refractivity contribution is 0.0601. The Morgan fingerprint density at radius 1 is 1.44 bits per heavy atom. The molecule has 0 saturated heterocycles. The molecule has 1 aliphatic heterocycles. The zero-order chi connectivity index (χ0) is 12.9. The third kappa shape index (κ3) is 1.48. The second-order valence-electron chi connectivity index (χ2n) is 3.45. The van der Waals surface area contributed by atoms with Crippen LogP contribution in [-0.2, 0) is 15.1 Å². The first-order chi connectivity index (χ1) is 8.50. The highest BCUT2D eigenvalue weighted by Gasteiger charge is 2.32. The van der Waals surface area contributed by atoms with E-state index >= 15 is 0 Å². The smallest absolute Gasteiger partial charge is 0.465 e. The molecule has 0 aliphatic carbocycles. The van der Waals surface area contributed by atoms with Crippen LogP contribution in [0.3, 0.4) is 0 Å². The SMILES string of the molecule is COC(=O)c1ccc2c(c1)nc1n2OS(=O)(=O)O1. The summed E-state index contributed by atoms with van der Waals surface area (Å²) in [6, 6.07) is 4.21. The van der Waals surface area contributed by atoms with Gasteiger partial charge in [0, 0.05) is 0 Å². The van der Waals surface area contributed by atoms with Crippen molar-refractivity contribution in [3.63, 3.8) is 0 Å². The van der Waals surface area contributed by atoms with E-state index in [-0.39, 0.29) is 6.01 Å². The highest BCUT2D eigenvalue weighted by molar-refractivity contribution is 7.82. The van der Waals surface area contributed by atoms with E-state index in [0.717, 1.165) is 4.73 Å². The fraction of sp³-hybridized carbons (Fsp3) is 0.111. The molecule has 2 aromatic rings. The van der Waals surface area contributed by atoms with Crippen LogP contribution in [0.2, 0.25) is 0 Å². The van der Waals surface area contributed by atoms with E-state index in [4.69, 9.17) is 0 Å². The molecule has 9 heteroatoms. The van der Waals surface area contributed by atoms with E-state index in [1.165, 1.54) is 25.3 Å². The Kier molecular flexibility index (Phi) is 2.02. The van der Waals surface area contributed by atoms with Crippen LogP contribution in [0.25, 0.3) is 11.0 Å². The first kappa shape index (κ1) is 10.8. The van der Waals surface area contributed by atoms with Gasteiger partial charge in [-0.3, -0.25) is 4.28 Å². The van der Waals surface area contributed by atoms with E-state index in [2.05, 4.69) is 18.2 Å². The molecule has 2 heterocycles. The van der Waals surface area contributed by atoms with Crippen molar-refractivity contribution in [2.24, 2.45) is 0 Å². The number of hydrogen-bond donors (Lipinski definition) is 0. The number of imidazole rings is 1. The molecule has 94 valence electrons. The number of rotatable bonds is 1. The highest BCUT2D eigenvalue weighted by Crippen LogP contribution is 2.26. The molecule has 0 fully saturated rings. The fourth-order valence-electron chi connectivity index (χ4n) is 1.60. The topological polar surface area (TPSA) is 96.7 Å². The summed E-state index contributed by atoms with van der Waals surface area (Å²) in [5, 5.41) is 0. The number of benzene rings is 1. The van der Waals surface area contributed by atoms with Gasteiger partial charge in [-0.25, -0.2) is 4.79 Å². The minimum atomic E-state index is -4.08. The number of fused-ring (bicyclic) bond motifs is 3. The summed E-state index contributed by atoms with van der Waals surface area (Å²) >= 11 is 0. The molecule has 0 amide bonds. The Hall–Kier alpha value is -2.29. The molecule has 0 spiro atoms. The maximum absolute atomic E-state index is 11.3. The Balaban J connectivity index is 2.16. The average molecular weight is 270 g/mol. The van der Waals surface area contributed by atoms with Gasteiger partial charge in [0.1, 0.15) is 5.52 Å². The molecule has 3 rings (SSSR count). The van der Waals surface area contributed by atoms with Crippen LogP contribution < -0.4 is 8.47 Å². The predicted octanol–water partition coefficient (Wildman–Crippen LogP) is -0.111. The molecule has 8 nitrogen and oxygen atoms in total. The van der Waals surface area contributed by atoms with Crippen LogP contribution in [0.15, 0.2) is 18.2 Å². The third-order valence-electron chi connectivity index (χ3n) is 2.35. The lowest BCUT2D eigenvalue weighted by atomic mass is 10.2. The van der Waals surface area contributed by atoms with Gasteiger partial charge < -0.3 is 8.92 Å². The Bertz CT molecular complexity index is 763. The van der Waals surface area contributed by atoms with E-state index < -0.39 is 16.4 Å². The van der Waals surface area contributed by atoms with E-state index in [1.807, 2.05) is 0 Å². The summed E-state index contributed by atoms with van der Waals surface area (Å²) in [7, 11) is -2.81. The van der Waals surface area contributed by atoms with Gasteiger partial charge in [0.05, 0.1) is 18.2 Å². The average Bonchev–Trinajstić information content (AvgIpc) is 2.78. The van der Waals surface area contributed by atoms with Gasteiger partial charge in [-0.15, -0.1) is 13.1 Å². The number of hydrogen-bond acceptors (Lipinski definition) is 7. The monoisotopic (exact) mass is 270 g/mol. The summed E-state index contributed by atoms with van der Waals surface area (Å²) in [6.07, 6.45) is 0. The van der Waals surface area contributed by atoms with Gasteiger partial charge in [-0.1, -0.05) is 0 Å². The highest BCUT2D eigenvalue weighted by atomic mass is 32.3. The number of ether oxygens (including phenoxy) is 1. The van der Waals surface area contributed by atoms with E-state index in [9.17, 15) is 13.2 Å². The molecular formula is C9H6N2O6S. The zero-order valence-corrected chi connectivity index (χ0v) is 9.80. The number of aromatic nitrogens is 2. The van der Waals surface area contributed by atoms with Crippen LogP contribution in [0, 0.1) is 0 Å². The minimum absolute atomic E-state index is 0.202. The van der Waals surface area contributed by atoms with Crippen molar-refractivity contribution < 1.29 is 26.4 Å². The summed E-state index contributed by atoms with van der Waals surface area (Å²) in [5.41, 5.74) is 1.03. The van der Waals surface area contributed by atoms with Gasteiger partial charge in [0.2, 0.25) is 0 Å². The standard InChI is InChI=1S/C9H6N2O6S/c1-15-8(12)5-2-3-7-6(4-5)10-9-11(7)17-18(13,14)16-9/h2-4H,1H3. The maximum Gasteiger partial charge on any atom is 0.523 e. The Morgan fingerprint density at radius 2 is 2.22 bits per heavy atom. The minimum Gasteiger partial charge on any atom is -0.465 e. The van der Waals surface area contributed by atoms with Gasteiger partial charge >= 0.3 is 22.4 Å². The fourth-order valence-corrected chi connectivity index (χ4v) is 2.25. The van der Waals surface area contributed by atoms with Crippen LogP contribution in [0.1, 0.15) is 10.4 Å². The molecule has 1 aliphatic rings. The van der Waals surface area contributed by atoms with Crippen LogP contribution in [0.5, 0.6) is 6.01 Å². The summed E-state index contributed by atoms with van der Waals surface area (Å²) < 4.78 is 36.6. The van der Waals surface area contributed by atoms with Crippen molar-refractivity contribution in [2.45, 2.75) is 0 Å². The summed E-state index contributed by atoms with van der Waals surface area (Å²) in [6.45, 7) is 0. The summed E-state index contributed by atoms with van der Waals surface area (Å²) in [4.78, 5) is 15.2. The lowest BCUT2D eigenvalue weighted by Crippen LogP contribution is -2.14. The Labute approximate surface area is 101 Å². The predicted molar refractivity (Wildman–Crippen MR) is 57.2 cm³/mol. The maximum atomic E-state index is 11.3. The second kappa shape index (κ2) is 3.35. The molecule has 1 aromatic carbocycles. The normalized spacial score (nSPS) is 15.8. The van der Waals surface area contributed by atoms with Crippen LogP contribution in [0.4, 0.5) is 0 Å². The summed E-state index contributed by atoms with van der Waals surface area (Å²) in [5.74, 6) is -0.514. The van der Waals surface area contributed by atoms with Crippen molar-refractivity contribution in [3.05, 3.63) is 23.8 Å². The van der Waals surface area contributed by atoms with E-state index in [0.29, 0.717) is 16.6 Å². The quantitative estimate of drug-likeness (QED) is 0.667. The lowest BCUT2D eigenvalue weighted by Gasteiger charge is -1.99. The van der Waals surface area contributed by atoms with Gasteiger partial charge in [-0.05, 0) is 18.2 Å². The van der Waals surface area contributed by atoms with E-state index in [1.54, 1.807) is 0 Å². The van der Waals surface area contributed by atoms with Crippen molar-refractivity contribution in [1.29, 1.82) is 0 Å². The number of esters is 1. The molecule has 0 saturated carbocycles. The van der Waals surface area contributed by atoms with Crippen LogP contribution >= 0.6 is 0 Å². The van der Waals surface area contributed by atoms with Gasteiger partial charge in [0.25, 0.3) is 0 Å². The zero-order valence-electron chi connectivity index (χ0n) is 8.98. The van der Waals surface area contributed by atoms with Crippen molar-refractivity contribution in [1.82, 2.24) is 9.71 Å². The van der Waals surface area contributed by atoms with Crippen molar-refractivity contribution in [3.8, 4) is 6.01 Å². The first-order valence-electron chi connectivity index (χ1n) is 4.75.